The molecule has 0 spiro atoms. The van der Waals surface area contributed by atoms with Crippen LogP contribution in [0.5, 0.6) is 0 Å². The molecule has 1 saturated heterocycles. The first kappa shape index (κ1) is 97.7. The molecule has 1 aliphatic heterocycles. The third-order valence-electron chi connectivity index (χ3n) is 21.1. The van der Waals surface area contributed by atoms with E-state index in [0.717, 1.165) is 199 Å². The maximum atomic E-state index is 13.4. The summed E-state index contributed by atoms with van der Waals surface area (Å²) in [5, 5.41) is 24.3. The molecule has 0 aromatic carbocycles. The van der Waals surface area contributed by atoms with E-state index in [-0.39, 0.29) is 56.7 Å². The third kappa shape index (κ3) is 55.2. The van der Waals surface area contributed by atoms with Crippen molar-refractivity contribution in [1.82, 2.24) is 15.1 Å². The number of amides is 1. The molecule has 3 N–H and O–H groups in total. The number of carbonyl (C=O) groups is 5. The predicted octanol–water partition coefficient (Wildman–Crippen LogP) is 24.0. The summed E-state index contributed by atoms with van der Waals surface area (Å²) in [7, 11) is 3.41. The van der Waals surface area contributed by atoms with Gasteiger partial charge in [-0.3, -0.25) is 19.2 Å². The summed E-state index contributed by atoms with van der Waals surface area (Å²) < 4.78 is 23.3. The minimum Gasteiger partial charge on any atom is -0.481 e. The molecule has 0 saturated carbocycles. The van der Waals surface area contributed by atoms with Gasteiger partial charge in [-0.15, -0.1) is 0 Å². The highest BCUT2D eigenvalue weighted by Crippen LogP contribution is 2.38. The second-order valence-corrected chi connectivity index (χ2v) is 32.6. The molecular weight excluding hydrogens is 1290 g/mol. The van der Waals surface area contributed by atoms with Gasteiger partial charge in [0.15, 0.2) is 0 Å². The first-order valence-electron chi connectivity index (χ1n) is 42.8. The molecule has 4 atom stereocenters. The number of carboxylic acids is 2. The van der Waals surface area contributed by atoms with Crippen LogP contribution in [0.3, 0.4) is 0 Å². The van der Waals surface area contributed by atoms with Crippen molar-refractivity contribution < 1.29 is 53.1 Å². The monoisotopic (exact) mass is 1450 g/mol. The summed E-state index contributed by atoms with van der Waals surface area (Å²) in [6.07, 6.45) is 57.5. The molecule has 1 heterocycles. The number of likely N-dealkylation sites (tertiary alicyclic amines) is 1. The Balaban J connectivity index is 0.00000210. The van der Waals surface area contributed by atoms with Crippen molar-refractivity contribution in [3.8, 4) is 0 Å². The molecule has 14 nitrogen and oxygen atoms in total. The van der Waals surface area contributed by atoms with Crippen LogP contribution in [0.15, 0.2) is 0 Å². The Morgan fingerprint density at radius 2 is 0.690 bits per heavy atom. The van der Waals surface area contributed by atoms with Gasteiger partial charge < -0.3 is 44.3 Å². The van der Waals surface area contributed by atoms with Gasteiger partial charge in [0.2, 0.25) is 0 Å². The molecule has 0 radical (unpaired) electrons. The summed E-state index contributed by atoms with van der Waals surface area (Å²) in [4.78, 5) is 69.5. The smallest absolute Gasteiger partial charge is 0.410 e. The molecule has 0 aliphatic carbocycles. The number of carboxylic acid groups (broad SMARTS) is 2. The quantitative estimate of drug-likeness (QED) is 0.0226. The number of piperidine rings is 1. The molecule has 1 amide bonds. The molecule has 100 heavy (non-hydrogen) atoms. The topological polar surface area (TPSA) is 181 Å². The van der Waals surface area contributed by atoms with Gasteiger partial charge in [0.25, 0.3) is 0 Å². The van der Waals surface area contributed by atoms with Crippen molar-refractivity contribution in [3.05, 3.63) is 0 Å². The summed E-state index contributed by atoms with van der Waals surface area (Å²) in [5.74, 6) is -0.230. The van der Waals surface area contributed by atoms with E-state index in [1.807, 2.05) is 0 Å². The summed E-state index contributed by atoms with van der Waals surface area (Å²) in [6, 6.07) is 0. The number of carbonyl (C=O) groups excluding carboxylic acids is 3. The third-order valence-corrected chi connectivity index (χ3v) is 23.4. The largest absolute Gasteiger partial charge is 0.481 e. The van der Waals surface area contributed by atoms with Crippen molar-refractivity contribution in [1.29, 1.82) is 0 Å². The molecule has 1 fully saturated rings. The normalized spacial score (nSPS) is 14.4. The molecule has 592 valence electrons. The van der Waals surface area contributed by atoms with Crippen LogP contribution in [0.4, 0.5) is 4.79 Å². The Morgan fingerprint density at radius 3 is 1.04 bits per heavy atom. The van der Waals surface area contributed by atoms with E-state index in [9.17, 15) is 34.2 Å². The van der Waals surface area contributed by atoms with E-state index < -0.39 is 28.9 Å². The number of nitrogens with zero attached hydrogens (tertiary/aromatic N) is 2. The number of esters is 2. The van der Waals surface area contributed by atoms with Crippen LogP contribution in [0.1, 0.15) is 396 Å². The molecule has 1 rings (SSSR count). The minimum atomic E-state index is -0.659. The van der Waals surface area contributed by atoms with E-state index in [0.29, 0.717) is 38.3 Å². The zero-order chi connectivity index (χ0) is 73.5. The van der Waals surface area contributed by atoms with Crippen LogP contribution in [0.25, 0.3) is 0 Å². The predicted molar refractivity (Wildman–Crippen MR) is 427 cm³/mol. The summed E-state index contributed by atoms with van der Waals surface area (Å²) in [6.45, 7) is 24.8. The molecule has 4 unspecified atom stereocenters. The fourth-order valence-corrected chi connectivity index (χ4v) is 15.9. The summed E-state index contributed by atoms with van der Waals surface area (Å²) in [5.41, 5.74) is -1.32. The van der Waals surface area contributed by atoms with Crippen LogP contribution in [0.2, 0.25) is 0 Å². The van der Waals surface area contributed by atoms with Crippen molar-refractivity contribution in [3.63, 3.8) is 0 Å². The SMILES string of the molecule is CCCCCCCCC(CCCCCC)(CCNCCC(CCCCCC)(CCCCCCCC)C(=O)O)C(=O)O.CCCCCCCCC(CCCCCC)C(=O)OCCN(CCOC(=O)C(CCCCCC)CCCCCCCC)C(=O)OCCSSCCOCCN1CCCCC1. The van der Waals surface area contributed by atoms with Gasteiger partial charge in [0, 0.05) is 18.1 Å². The van der Waals surface area contributed by atoms with Crippen LogP contribution < -0.4 is 5.32 Å². The van der Waals surface area contributed by atoms with Crippen molar-refractivity contribution in [2.45, 2.75) is 396 Å². The van der Waals surface area contributed by atoms with Gasteiger partial charge in [0.1, 0.15) is 19.8 Å². The lowest BCUT2D eigenvalue weighted by molar-refractivity contribution is -0.151. The van der Waals surface area contributed by atoms with Crippen LogP contribution in [-0.2, 0) is 38.1 Å². The van der Waals surface area contributed by atoms with Gasteiger partial charge >= 0.3 is 30.0 Å². The molecule has 16 heteroatoms. The van der Waals surface area contributed by atoms with E-state index >= 15 is 0 Å². The van der Waals surface area contributed by atoms with E-state index in [1.54, 1.807) is 26.5 Å². The molecular formula is C84H163N3O11S2. The minimum absolute atomic E-state index is 0.101. The van der Waals surface area contributed by atoms with Crippen molar-refractivity contribution in [2.75, 3.05) is 90.4 Å². The fourth-order valence-electron chi connectivity index (χ4n) is 14.2. The standard InChI is InChI=1S/C48H92N2O7S2.C36H71NO4/c1-5-9-13-17-19-24-30-44(28-22-15-11-7-3)46(51)55-38-35-50(48(53)57-41-43-59-58-42-40-54-37-34-49-32-26-21-27-33-49)36-39-56-47(52)45(29-23-16-12-8-4)31-25-20-18-14-10-6-2;1-5-9-13-17-19-23-27-35(33(38)39,25-21-15-11-7-3)29-31-37-32-30-36(34(40)41,26-22-16-12-8-4)28-24-20-18-14-10-6-2/h44-45H,5-43H2,1-4H3;37H,5-32H2,1-4H3,(H,38,39)(H,40,41). The van der Waals surface area contributed by atoms with Crippen molar-refractivity contribution in [2.24, 2.45) is 22.7 Å². The first-order valence-corrected chi connectivity index (χ1v) is 45.3. The van der Waals surface area contributed by atoms with Gasteiger partial charge in [-0.25, -0.2) is 4.79 Å². The maximum absolute atomic E-state index is 13.4. The van der Waals surface area contributed by atoms with Gasteiger partial charge in [0.05, 0.1) is 49.0 Å². The number of nitrogens with one attached hydrogen (secondary N) is 1. The number of ether oxygens (including phenoxy) is 4. The summed E-state index contributed by atoms with van der Waals surface area (Å²) >= 11 is 0. The number of aliphatic carboxylic acids is 2. The number of unbranched alkanes of at least 4 members (excludes halogenated alkanes) is 32. The van der Waals surface area contributed by atoms with E-state index in [2.05, 4.69) is 65.6 Å². The lowest BCUT2D eigenvalue weighted by atomic mass is 9.74. The van der Waals surface area contributed by atoms with Crippen molar-refractivity contribution >= 4 is 51.6 Å². The lowest BCUT2D eigenvalue weighted by Crippen LogP contribution is -2.38. The van der Waals surface area contributed by atoms with Gasteiger partial charge in [-0.2, -0.15) is 0 Å². The first-order chi connectivity index (χ1) is 48.8. The zero-order valence-corrected chi connectivity index (χ0v) is 68.4. The van der Waals surface area contributed by atoms with Crippen LogP contribution in [-0.4, -0.2) is 140 Å². The Labute approximate surface area is 625 Å². The second-order valence-electron chi connectivity index (χ2n) is 29.9. The Morgan fingerprint density at radius 1 is 0.380 bits per heavy atom. The average Bonchev–Trinajstić information content (AvgIpc) is 0.865. The maximum Gasteiger partial charge on any atom is 0.410 e. The molecule has 0 aromatic heterocycles. The fraction of sp³-hybridized carbons (Fsp3) is 0.940. The van der Waals surface area contributed by atoms with Gasteiger partial charge in [-0.05, 0) is 103 Å². The zero-order valence-electron chi connectivity index (χ0n) is 66.8. The molecule has 0 bridgehead atoms. The second kappa shape index (κ2) is 72.3. The van der Waals surface area contributed by atoms with Crippen LogP contribution in [0, 0.1) is 22.7 Å². The lowest BCUT2D eigenvalue weighted by Gasteiger charge is -2.32. The number of rotatable bonds is 74. The number of hydrogen-bond donors (Lipinski definition) is 3. The Hall–Kier alpha value is -2.27. The number of hydrogen-bond acceptors (Lipinski definition) is 13. The average molecular weight is 1460 g/mol. The van der Waals surface area contributed by atoms with E-state index in [4.69, 9.17) is 18.9 Å². The molecule has 1 aliphatic rings. The Kier molecular flexibility index (Phi) is 70.7. The highest BCUT2D eigenvalue weighted by Gasteiger charge is 2.39. The van der Waals surface area contributed by atoms with Crippen LogP contribution >= 0.6 is 21.6 Å². The highest BCUT2D eigenvalue weighted by atomic mass is 33.1. The molecule has 0 aromatic rings. The van der Waals surface area contributed by atoms with Gasteiger partial charge in [-0.1, -0.05) is 340 Å². The Bertz CT molecular complexity index is 1750. The van der Waals surface area contributed by atoms with E-state index in [1.165, 1.54) is 161 Å². The highest BCUT2D eigenvalue weighted by molar-refractivity contribution is 8.76.